The van der Waals surface area contributed by atoms with Crippen molar-refractivity contribution < 1.29 is 14.3 Å². The van der Waals surface area contributed by atoms with E-state index in [0.717, 1.165) is 12.3 Å². The second-order valence-electron chi connectivity index (χ2n) is 2.98. The van der Waals surface area contributed by atoms with Crippen LogP contribution in [0.5, 0.6) is 0 Å². The molecule has 0 bridgehead atoms. The van der Waals surface area contributed by atoms with E-state index in [2.05, 4.69) is 0 Å². The van der Waals surface area contributed by atoms with Crippen LogP contribution in [0.3, 0.4) is 0 Å². The fraction of sp³-hybridized carbons (Fsp3) is 0.0833. The van der Waals surface area contributed by atoms with Crippen LogP contribution in [0.25, 0.3) is 10.8 Å². The lowest BCUT2D eigenvalue weighted by molar-refractivity contribution is -0.134. The molecule has 0 radical (unpaired) electrons. The lowest BCUT2D eigenvalue weighted by atomic mass is 10.1. The largest absolute Gasteiger partial charge is 0.481 e. The molecule has 3 heteroatoms. The molecule has 1 N–H and O–H groups in total. The van der Waals surface area contributed by atoms with E-state index in [4.69, 9.17) is 9.90 Å². The molecule has 2 aromatic rings. The van der Waals surface area contributed by atoms with Crippen LogP contribution in [0.2, 0.25) is 0 Å². The number of benzene rings is 2. The average Bonchev–Trinajstić information content (AvgIpc) is 2.18. The predicted octanol–water partition coefficient (Wildman–Crippen LogP) is 3.07. The van der Waals surface area contributed by atoms with Crippen LogP contribution >= 0.6 is 0 Å². The Morgan fingerprint density at radius 2 is 1.67 bits per heavy atom. The second kappa shape index (κ2) is 5.10. The molecule has 2 rings (SSSR count). The number of carboxylic acid groups (broad SMARTS) is 1. The van der Waals surface area contributed by atoms with Gasteiger partial charge in [-0.25, -0.2) is 4.39 Å². The van der Waals surface area contributed by atoms with Gasteiger partial charge in [0.15, 0.2) is 0 Å². The van der Waals surface area contributed by atoms with Gasteiger partial charge in [0.2, 0.25) is 0 Å². The third-order valence-electron chi connectivity index (χ3n) is 1.74. The van der Waals surface area contributed by atoms with E-state index in [0.29, 0.717) is 5.39 Å². The summed E-state index contributed by atoms with van der Waals surface area (Å²) in [6.45, 7) is 1.08. The van der Waals surface area contributed by atoms with Gasteiger partial charge in [0.25, 0.3) is 5.97 Å². The monoisotopic (exact) mass is 206 g/mol. The number of fused-ring (bicyclic) bond motifs is 1. The smallest absolute Gasteiger partial charge is 0.300 e. The summed E-state index contributed by atoms with van der Waals surface area (Å²) >= 11 is 0. The number of rotatable bonds is 0. The van der Waals surface area contributed by atoms with Crippen molar-refractivity contribution in [1.29, 1.82) is 0 Å². The standard InChI is InChI=1S/C10H7F.C2H4O2/c11-10-7-3-5-8-4-1-2-6-9(8)10;1-2(3)4/h1-7H;1H3,(H,3,4). The zero-order chi connectivity index (χ0) is 11.3. The third kappa shape index (κ3) is 3.38. The highest BCUT2D eigenvalue weighted by molar-refractivity contribution is 5.82. The summed E-state index contributed by atoms with van der Waals surface area (Å²) in [6.07, 6.45) is 0. The molecule has 0 unspecified atom stereocenters. The molecule has 15 heavy (non-hydrogen) atoms. The third-order valence-corrected chi connectivity index (χ3v) is 1.74. The lowest BCUT2D eigenvalue weighted by Gasteiger charge is -1.95. The van der Waals surface area contributed by atoms with Crippen molar-refractivity contribution in [2.45, 2.75) is 6.92 Å². The normalized spacial score (nSPS) is 9.20. The van der Waals surface area contributed by atoms with Crippen LogP contribution in [-0.2, 0) is 4.79 Å². The molecule has 0 aliphatic heterocycles. The van der Waals surface area contributed by atoms with Gasteiger partial charge in [-0.2, -0.15) is 0 Å². The minimum absolute atomic E-state index is 0.150. The Bertz CT molecular complexity index is 457. The summed E-state index contributed by atoms with van der Waals surface area (Å²) < 4.78 is 13.0. The summed E-state index contributed by atoms with van der Waals surface area (Å²) in [7, 11) is 0. The van der Waals surface area contributed by atoms with Crippen molar-refractivity contribution in [3.63, 3.8) is 0 Å². The Kier molecular flexibility index (Phi) is 3.80. The molecule has 0 fully saturated rings. The van der Waals surface area contributed by atoms with Gasteiger partial charge in [-0.1, -0.05) is 36.4 Å². The average molecular weight is 206 g/mol. The van der Waals surface area contributed by atoms with Gasteiger partial charge in [-0.3, -0.25) is 4.79 Å². The minimum atomic E-state index is -0.833. The summed E-state index contributed by atoms with van der Waals surface area (Å²) in [4.78, 5) is 9.00. The van der Waals surface area contributed by atoms with E-state index in [-0.39, 0.29) is 5.82 Å². The topological polar surface area (TPSA) is 37.3 Å². The van der Waals surface area contributed by atoms with Crippen molar-refractivity contribution in [3.05, 3.63) is 48.3 Å². The van der Waals surface area contributed by atoms with Crippen LogP contribution in [0.4, 0.5) is 4.39 Å². The first-order chi connectivity index (χ1) is 7.11. The molecule has 0 aliphatic carbocycles. The second-order valence-corrected chi connectivity index (χ2v) is 2.98. The molecule has 0 amide bonds. The SMILES string of the molecule is CC(=O)O.Fc1cccc2ccccc12. The molecule has 78 valence electrons. The Hall–Kier alpha value is -1.90. The number of carbonyl (C=O) groups is 1. The van der Waals surface area contributed by atoms with Crippen molar-refractivity contribution >= 4 is 16.7 Å². The minimum Gasteiger partial charge on any atom is -0.481 e. The fourth-order valence-electron chi connectivity index (χ4n) is 1.19. The van der Waals surface area contributed by atoms with Gasteiger partial charge in [0, 0.05) is 12.3 Å². The molecule has 0 spiro atoms. The first-order valence-corrected chi connectivity index (χ1v) is 4.44. The van der Waals surface area contributed by atoms with Crippen LogP contribution in [0, 0.1) is 5.82 Å². The molecular formula is C12H11FO2. The fourth-order valence-corrected chi connectivity index (χ4v) is 1.19. The van der Waals surface area contributed by atoms with Gasteiger partial charge in [0.1, 0.15) is 5.82 Å². The van der Waals surface area contributed by atoms with Gasteiger partial charge in [0.05, 0.1) is 0 Å². The highest BCUT2D eigenvalue weighted by Crippen LogP contribution is 2.15. The Balaban J connectivity index is 0.000000245. The van der Waals surface area contributed by atoms with Crippen LogP contribution in [0.1, 0.15) is 6.92 Å². The van der Waals surface area contributed by atoms with Crippen LogP contribution in [-0.4, -0.2) is 11.1 Å². The number of carboxylic acids is 1. The predicted molar refractivity (Wildman–Crippen MR) is 57.2 cm³/mol. The quantitative estimate of drug-likeness (QED) is 0.719. The maximum absolute atomic E-state index is 13.0. The molecule has 0 aromatic heterocycles. The number of halogens is 1. The summed E-state index contributed by atoms with van der Waals surface area (Å²) in [5.74, 6) is -0.983. The van der Waals surface area contributed by atoms with Crippen LogP contribution in [0.15, 0.2) is 42.5 Å². The van der Waals surface area contributed by atoms with Gasteiger partial charge in [-0.15, -0.1) is 0 Å². The van der Waals surface area contributed by atoms with Crippen molar-refractivity contribution in [3.8, 4) is 0 Å². The van der Waals surface area contributed by atoms with Crippen molar-refractivity contribution in [1.82, 2.24) is 0 Å². The highest BCUT2D eigenvalue weighted by Gasteiger charge is 1.95. The van der Waals surface area contributed by atoms with E-state index in [9.17, 15) is 4.39 Å². The van der Waals surface area contributed by atoms with E-state index in [1.54, 1.807) is 12.1 Å². The molecule has 0 atom stereocenters. The molecule has 0 saturated heterocycles. The molecule has 0 heterocycles. The number of aliphatic carboxylic acids is 1. The summed E-state index contributed by atoms with van der Waals surface area (Å²) in [5.41, 5.74) is 0. The Morgan fingerprint density at radius 1 is 1.13 bits per heavy atom. The Morgan fingerprint density at radius 3 is 2.27 bits per heavy atom. The number of hydrogen-bond donors (Lipinski definition) is 1. The van der Waals surface area contributed by atoms with Crippen molar-refractivity contribution in [2.24, 2.45) is 0 Å². The Labute approximate surface area is 87.0 Å². The zero-order valence-electron chi connectivity index (χ0n) is 8.27. The summed E-state index contributed by atoms with van der Waals surface area (Å²) in [5, 5.41) is 9.06. The van der Waals surface area contributed by atoms with Gasteiger partial charge >= 0.3 is 0 Å². The maximum atomic E-state index is 13.0. The van der Waals surface area contributed by atoms with Gasteiger partial charge in [-0.05, 0) is 11.5 Å². The van der Waals surface area contributed by atoms with E-state index >= 15 is 0 Å². The highest BCUT2D eigenvalue weighted by atomic mass is 19.1. The van der Waals surface area contributed by atoms with Crippen LogP contribution < -0.4 is 0 Å². The first-order valence-electron chi connectivity index (χ1n) is 4.44. The molecule has 0 saturated carbocycles. The van der Waals surface area contributed by atoms with Gasteiger partial charge < -0.3 is 5.11 Å². The zero-order valence-corrected chi connectivity index (χ0v) is 8.27. The molecule has 2 aromatic carbocycles. The summed E-state index contributed by atoms with van der Waals surface area (Å²) in [6, 6.07) is 12.5. The molecular weight excluding hydrogens is 195 g/mol. The first kappa shape index (κ1) is 11.2. The lowest BCUT2D eigenvalue weighted by Crippen LogP contribution is -1.78. The van der Waals surface area contributed by atoms with E-state index in [1.165, 1.54) is 6.07 Å². The molecule has 2 nitrogen and oxygen atoms in total. The van der Waals surface area contributed by atoms with Crippen molar-refractivity contribution in [2.75, 3.05) is 0 Å². The number of hydrogen-bond acceptors (Lipinski definition) is 1. The maximum Gasteiger partial charge on any atom is 0.300 e. The molecule has 0 aliphatic rings. The van der Waals surface area contributed by atoms with E-state index in [1.807, 2.05) is 24.3 Å². The van der Waals surface area contributed by atoms with E-state index < -0.39 is 5.97 Å².